The fraction of sp³-hybridized carbons (Fsp3) is 0.500. The number of hydrogen-bond donors (Lipinski definition) is 1. The summed E-state index contributed by atoms with van der Waals surface area (Å²) >= 11 is 0. The number of nitrogens with one attached hydrogen (secondary N) is 1. The highest BCUT2D eigenvalue weighted by molar-refractivity contribution is 7.89. The van der Waals surface area contributed by atoms with Crippen LogP contribution >= 0.6 is 0 Å². The van der Waals surface area contributed by atoms with Gasteiger partial charge in [-0.2, -0.15) is 17.5 Å². The van der Waals surface area contributed by atoms with Crippen molar-refractivity contribution in [3.63, 3.8) is 0 Å². The zero-order valence-electron chi connectivity index (χ0n) is 12.4. The van der Waals surface area contributed by atoms with Crippen molar-refractivity contribution in [1.82, 2.24) is 9.62 Å². The van der Waals surface area contributed by atoms with Gasteiger partial charge in [0.15, 0.2) is 0 Å². The lowest BCUT2D eigenvalue weighted by Gasteiger charge is -2.30. The first-order valence-electron chi connectivity index (χ1n) is 7.05. The summed E-state index contributed by atoms with van der Waals surface area (Å²) in [7, 11) is -2.49. The van der Waals surface area contributed by atoms with Gasteiger partial charge < -0.3 is 5.32 Å². The molecule has 23 heavy (non-hydrogen) atoms. The lowest BCUT2D eigenvalue weighted by molar-refractivity contribution is -0.137. The molecule has 0 aliphatic carbocycles. The van der Waals surface area contributed by atoms with E-state index < -0.39 is 21.8 Å². The molecular weight excluding hydrogens is 333 g/mol. The molecule has 128 valence electrons. The van der Waals surface area contributed by atoms with Crippen molar-refractivity contribution in [3.8, 4) is 0 Å². The molecule has 0 atom stereocenters. The van der Waals surface area contributed by atoms with Crippen LogP contribution in [-0.4, -0.2) is 38.8 Å². The van der Waals surface area contributed by atoms with Crippen molar-refractivity contribution in [2.75, 3.05) is 20.1 Å². The van der Waals surface area contributed by atoms with Crippen LogP contribution in [0.1, 0.15) is 18.4 Å². The maximum absolute atomic E-state index is 12.7. The Morgan fingerprint density at radius 3 is 2.39 bits per heavy atom. The normalized spacial score (nSPS) is 17.9. The van der Waals surface area contributed by atoms with Crippen molar-refractivity contribution in [2.24, 2.45) is 5.92 Å². The second kappa shape index (κ2) is 6.48. The van der Waals surface area contributed by atoms with E-state index in [0.29, 0.717) is 18.9 Å². The molecule has 0 bridgehead atoms. The summed E-state index contributed by atoms with van der Waals surface area (Å²) in [6.07, 6.45) is -3.91. The van der Waals surface area contributed by atoms with Crippen molar-refractivity contribution in [1.29, 1.82) is 0 Å². The molecule has 9 heteroatoms. The molecule has 5 nitrogen and oxygen atoms in total. The Morgan fingerprint density at radius 1 is 1.26 bits per heavy atom. The maximum atomic E-state index is 12.7. The Kier molecular flexibility index (Phi) is 5.00. The number of benzene rings is 1. The molecule has 1 aliphatic rings. The van der Waals surface area contributed by atoms with Crippen LogP contribution in [-0.2, 0) is 21.0 Å². The van der Waals surface area contributed by atoms with Gasteiger partial charge in [-0.05, 0) is 31.0 Å². The molecule has 0 saturated carbocycles. The molecule has 1 amide bonds. The molecule has 0 unspecified atom stereocenters. The summed E-state index contributed by atoms with van der Waals surface area (Å²) in [5.74, 6) is -0.422. The van der Waals surface area contributed by atoms with E-state index >= 15 is 0 Å². The van der Waals surface area contributed by atoms with Crippen LogP contribution in [0.15, 0.2) is 29.2 Å². The zero-order valence-corrected chi connectivity index (χ0v) is 13.2. The summed E-state index contributed by atoms with van der Waals surface area (Å²) in [6.45, 7) is 0.216. The molecule has 0 spiro atoms. The smallest absolute Gasteiger partial charge is 0.359 e. The van der Waals surface area contributed by atoms with Crippen LogP contribution in [0, 0.1) is 5.92 Å². The van der Waals surface area contributed by atoms with E-state index in [1.807, 2.05) is 0 Å². The van der Waals surface area contributed by atoms with Gasteiger partial charge in [0.2, 0.25) is 15.9 Å². The summed E-state index contributed by atoms with van der Waals surface area (Å²) in [5, 5.41) is 2.51. The predicted octanol–water partition coefficient (Wildman–Crippen LogP) is 1.85. The Balaban J connectivity index is 2.19. The number of alkyl halides is 3. The molecule has 1 aromatic rings. The Hall–Kier alpha value is -1.61. The van der Waals surface area contributed by atoms with Gasteiger partial charge in [0, 0.05) is 26.1 Å². The predicted molar refractivity (Wildman–Crippen MR) is 77.0 cm³/mol. The Labute approximate surface area is 132 Å². The molecular formula is C14H17F3N2O3S. The highest BCUT2D eigenvalue weighted by Crippen LogP contribution is 2.32. The second-order valence-corrected chi connectivity index (χ2v) is 7.26. The molecule has 2 rings (SSSR count). The fourth-order valence-corrected chi connectivity index (χ4v) is 4.06. The molecule has 0 radical (unpaired) electrons. The molecule has 1 fully saturated rings. The summed E-state index contributed by atoms with van der Waals surface area (Å²) < 4.78 is 64.2. The van der Waals surface area contributed by atoms with Gasteiger partial charge in [-0.15, -0.1) is 0 Å². The summed E-state index contributed by atoms with van der Waals surface area (Å²) in [4.78, 5) is 11.2. The number of sulfonamides is 1. The fourth-order valence-electron chi connectivity index (χ4n) is 2.54. The lowest BCUT2D eigenvalue weighted by Crippen LogP contribution is -2.42. The van der Waals surface area contributed by atoms with Crippen LogP contribution < -0.4 is 5.32 Å². The van der Waals surface area contributed by atoms with E-state index in [1.54, 1.807) is 0 Å². The van der Waals surface area contributed by atoms with Gasteiger partial charge in [-0.3, -0.25) is 4.79 Å². The van der Waals surface area contributed by atoms with Gasteiger partial charge in [0.25, 0.3) is 0 Å². The topological polar surface area (TPSA) is 66.5 Å². The maximum Gasteiger partial charge on any atom is 0.416 e. The third-order valence-electron chi connectivity index (χ3n) is 3.87. The van der Waals surface area contributed by atoms with Gasteiger partial charge in [0.1, 0.15) is 0 Å². The monoisotopic (exact) mass is 350 g/mol. The van der Waals surface area contributed by atoms with Crippen LogP contribution in [0.2, 0.25) is 0 Å². The van der Waals surface area contributed by atoms with Gasteiger partial charge in [0.05, 0.1) is 10.5 Å². The first-order valence-corrected chi connectivity index (χ1v) is 8.49. The highest BCUT2D eigenvalue weighted by Gasteiger charge is 2.35. The minimum atomic E-state index is -4.60. The number of carbonyl (C=O) groups is 1. The Bertz CT molecular complexity index is 681. The van der Waals surface area contributed by atoms with E-state index in [1.165, 1.54) is 7.05 Å². The van der Waals surface area contributed by atoms with E-state index in [4.69, 9.17) is 0 Å². The van der Waals surface area contributed by atoms with Gasteiger partial charge >= 0.3 is 6.18 Å². The highest BCUT2D eigenvalue weighted by atomic mass is 32.2. The van der Waals surface area contributed by atoms with Crippen LogP contribution in [0.5, 0.6) is 0 Å². The summed E-state index contributed by atoms with van der Waals surface area (Å²) in [6, 6.07) is 3.69. The molecule has 1 N–H and O–H groups in total. The standard InChI is InChI=1S/C14H17F3N2O3S/c1-18-13(20)10-5-7-19(8-6-10)23(21,22)12-4-2-3-11(9-12)14(15,16)17/h2-4,9-10H,5-8H2,1H3,(H,18,20). The Morgan fingerprint density at radius 2 is 1.87 bits per heavy atom. The number of piperidine rings is 1. The third-order valence-corrected chi connectivity index (χ3v) is 5.76. The van der Waals surface area contributed by atoms with E-state index in [0.717, 1.165) is 22.5 Å². The van der Waals surface area contributed by atoms with Crippen molar-refractivity contribution in [3.05, 3.63) is 29.8 Å². The van der Waals surface area contributed by atoms with Crippen LogP contribution in [0.3, 0.4) is 0 Å². The van der Waals surface area contributed by atoms with Crippen LogP contribution in [0.4, 0.5) is 13.2 Å². The zero-order chi connectivity index (χ0) is 17.3. The average Bonchev–Trinajstić information content (AvgIpc) is 2.53. The van der Waals surface area contributed by atoms with Gasteiger partial charge in [-0.25, -0.2) is 8.42 Å². The van der Waals surface area contributed by atoms with E-state index in [-0.39, 0.29) is 29.8 Å². The molecule has 1 aromatic carbocycles. The SMILES string of the molecule is CNC(=O)C1CCN(S(=O)(=O)c2cccc(C(F)(F)F)c2)CC1. The largest absolute Gasteiger partial charge is 0.416 e. The molecule has 1 saturated heterocycles. The number of rotatable bonds is 3. The number of hydrogen-bond acceptors (Lipinski definition) is 3. The summed E-state index contributed by atoms with van der Waals surface area (Å²) in [5.41, 5.74) is -1.00. The first kappa shape index (κ1) is 17.7. The van der Waals surface area contributed by atoms with Crippen molar-refractivity contribution in [2.45, 2.75) is 23.9 Å². The molecule has 1 heterocycles. The quantitative estimate of drug-likeness (QED) is 0.905. The number of amides is 1. The number of halogens is 3. The second-order valence-electron chi connectivity index (χ2n) is 5.32. The number of carbonyl (C=O) groups excluding carboxylic acids is 1. The van der Waals surface area contributed by atoms with Crippen molar-refractivity contribution < 1.29 is 26.4 Å². The minimum Gasteiger partial charge on any atom is -0.359 e. The lowest BCUT2D eigenvalue weighted by atomic mass is 9.97. The van der Waals surface area contributed by atoms with Crippen molar-refractivity contribution >= 4 is 15.9 Å². The first-order chi connectivity index (χ1) is 10.7. The molecule has 0 aromatic heterocycles. The van der Waals surface area contributed by atoms with E-state index in [9.17, 15) is 26.4 Å². The third kappa shape index (κ3) is 3.84. The average molecular weight is 350 g/mol. The van der Waals surface area contributed by atoms with Gasteiger partial charge in [-0.1, -0.05) is 6.07 Å². The molecule has 1 aliphatic heterocycles. The van der Waals surface area contributed by atoms with E-state index in [2.05, 4.69) is 5.32 Å². The minimum absolute atomic E-state index is 0.108. The van der Waals surface area contributed by atoms with Crippen LogP contribution in [0.25, 0.3) is 0 Å². The number of nitrogens with zero attached hydrogens (tertiary/aromatic N) is 1.